The molecule has 2 aromatic rings. The van der Waals surface area contributed by atoms with Crippen LogP contribution in [0.1, 0.15) is 21.5 Å². The van der Waals surface area contributed by atoms with E-state index in [1.165, 1.54) is 0 Å². The molecule has 0 radical (unpaired) electrons. The van der Waals surface area contributed by atoms with Crippen molar-refractivity contribution in [3.63, 3.8) is 0 Å². The van der Waals surface area contributed by atoms with Gasteiger partial charge in [-0.25, -0.2) is 0 Å². The van der Waals surface area contributed by atoms with E-state index in [9.17, 15) is 4.79 Å². The van der Waals surface area contributed by atoms with Gasteiger partial charge in [0.15, 0.2) is 0 Å². The quantitative estimate of drug-likeness (QED) is 0.806. The Balaban J connectivity index is 2.24. The first-order valence-corrected chi connectivity index (χ1v) is 6.20. The average molecular weight is 268 g/mol. The normalized spacial score (nSPS) is 9.75. The minimum Gasteiger partial charge on any atom is -0.320 e. The molecule has 0 aliphatic heterocycles. The van der Waals surface area contributed by atoms with E-state index in [0.29, 0.717) is 17.9 Å². The summed E-state index contributed by atoms with van der Waals surface area (Å²) in [5.74, 6) is 6.22. The van der Waals surface area contributed by atoms with Gasteiger partial charge in [-0.05, 0) is 24.6 Å². The van der Waals surface area contributed by atoms with Crippen LogP contribution >= 0.6 is 0 Å². The highest BCUT2D eigenvalue weighted by Crippen LogP contribution is 2.12. The maximum Gasteiger partial charge on any atom is 0.256 e. The molecule has 0 saturated carbocycles. The van der Waals surface area contributed by atoms with Crippen molar-refractivity contribution < 1.29 is 4.79 Å². The summed E-state index contributed by atoms with van der Waals surface area (Å²) in [6, 6.07) is 7.15. The summed E-state index contributed by atoms with van der Waals surface area (Å²) in [7, 11) is 1.77. The van der Waals surface area contributed by atoms with Crippen LogP contribution in [0.3, 0.4) is 0 Å². The van der Waals surface area contributed by atoms with E-state index in [1.807, 2.05) is 13.0 Å². The molecule has 1 aromatic carbocycles. The van der Waals surface area contributed by atoms with Crippen LogP contribution < -0.4 is 11.1 Å². The molecule has 0 atom stereocenters. The van der Waals surface area contributed by atoms with Gasteiger partial charge in [0.25, 0.3) is 5.91 Å². The summed E-state index contributed by atoms with van der Waals surface area (Å²) < 4.78 is 1.60. The van der Waals surface area contributed by atoms with Crippen LogP contribution in [0.15, 0.2) is 30.5 Å². The molecule has 0 bridgehead atoms. The molecule has 1 amide bonds. The van der Waals surface area contributed by atoms with Crippen LogP contribution in [0, 0.1) is 18.8 Å². The maximum absolute atomic E-state index is 12.2. The smallest absolute Gasteiger partial charge is 0.256 e. The van der Waals surface area contributed by atoms with Crippen LogP contribution in [0.2, 0.25) is 0 Å². The number of hydrogen-bond acceptors (Lipinski definition) is 3. The zero-order valence-electron chi connectivity index (χ0n) is 11.5. The first kappa shape index (κ1) is 13.8. The van der Waals surface area contributed by atoms with Crippen LogP contribution in [-0.4, -0.2) is 22.2 Å². The monoisotopic (exact) mass is 268 g/mol. The van der Waals surface area contributed by atoms with Crippen LogP contribution in [0.25, 0.3) is 0 Å². The van der Waals surface area contributed by atoms with Gasteiger partial charge in [-0.15, -0.1) is 0 Å². The third-order valence-electron chi connectivity index (χ3n) is 2.89. The molecule has 0 saturated heterocycles. The van der Waals surface area contributed by atoms with Crippen molar-refractivity contribution in [2.75, 3.05) is 11.9 Å². The largest absolute Gasteiger partial charge is 0.320 e. The highest BCUT2D eigenvalue weighted by molar-refractivity contribution is 6.04. The molecular formula is C15H16N4O. The fraction of sp³-hybridized carbons (Fsp3) is 0.200. The van der Waals surface area contributed by atoms with E-state index >= 15 is 0 Å². The molecule has 102 valence electrons. The number of hydrogen-bond donors (Lipinski definition) is 2. The number of aryl methyl sites for hydroxylation is 2. The number of rotatable bonds is 2. The number of carbonyl (C=O) groups is 1. The van der Waals surface area contributed by atoms with E-state index in [4.69, 9.17) is 5.73 Å². The number of aromatic nitrogens is 2. The van der Waals surface area contributed by atoms with Gasteiger partial charge < -0.3 is 11.1 Å². The molecule has 5 nitrogen and oxygen atoms in total. The number of nitrogens with zero attached hydrogens (tertiary/aromatic N) is 2. The van der Waals surface area contributed by atoms with Crippen molar-refractivity contribution in [1.82, 2.24) is 9.78 Å². The summed E-state index contributed by atoms with van der Waals surface area (Å²) >= 11 is 0. The molecular weight excluding hydrogens is 252 g/mol. The summed E-state index contributed by atoms with van der Waals surface area (Å²) in [4.78, 5) is 12.2. The molecule has 3 N–H and O–H groups in total. The van der Waals surface area contributed by atoms with E-state index in [-0.39, 0.29) is 5.91 Å². The van der Waals surface area contributed by atoms with Crippen molar-refractivity contribution >= 4 is 11.7 Å². The minimum atomic E-state index is -0.190. The standard InChI is InChI=1S/C15H16N4O/c1-11-5-6-13(10-12(11)4-3-8-16)15(20)18-14-7-9-17-19(14)2/h5-7,9-10H,8,16H2,1-2H3,(H,18,20). The van der Waals surface area contributed by atoms with Gasteiger partial charge in [-0.3, -0.25) is 9.48 Å². The van der Waals surface area contributed by atoms with Gasteiger partial charge in [-0.1, -0.05) is 17.9 Å². The SMILES string of the molecule is Cc1ccc(C(=O)Nc2ccnn2C)cc1C#CCN. The Morgan fingerprint density at radius 2 is 2.25 bits per heavy atom. The second-order valence-corrected chi connectivity index (χ2v) is 4.33. The third-order valence-corrected chi connectivity index (χ3v) is 2.89. The molecule has 20 heavy (non-hydrogen) atoms. The Morgan fingerprint density at radius 3 is 2.90 bits per heavy atom. The molecule has 1 heterocycles. The predicted molar refractivity (Wildman–Crippen MR) is 78.3 cm³/mol. The lowest BCUT2D eigenvalue weighted by Gasteiger charge is -2.07. The topological polar surface area (TPSA) is 72.9 Å². The third kappa shape index (κ3) is 3.05. The van der Waals surface area contributed by atoms with Gasteiger partial charge in [0, 0.05) is 24.2 Å². The second-order valence-electron chi connectivity index (χ2n) is 4.33. The number of carbonyl (C=O) groups excluding carboxylic acids is 1. The lowest BCUT2D eigenvalue weighted by molar-refractivity contribution is 0.102. The van der Waals surface area contributed by atoms with Crippen molar-refractivity contribution in [3.8, 4) is 11.8 Å². The highest BCUT2D eigenvalue weighted by Gasteiger charge is 2.09. The van der Waals surface area contributed by atoms with Gasteiger partial charge in [0.2, 0.25) is 0 Å². The summed E-state index contributed by atoms with van der Waals surface area (Å²) in [6.07, 6.45) is 1.63. The van der Waals surface area contributed by atoms with Crippen molar-refractivity contribution in [1.29, 1.82) is 0 Å². The van der Waals surface area contributed by atoms with Crippen LogP contribution in [0.5, 0.6) is 0 Å². The van der Waals surface area contributed by atoms with Gasteiger partial charge in [0.1, 0.15) is 5.82 Å². The Labute approximate surface area is 117 Å². The summed E-state index contributed by atoms with van der Waals surface area (Å²) in [5.41, 5.74) is 7.75. The zero-order valence-corrected chi connectivity index (χ0v) is 11.5. The first-order chi connectivity index (χ1) is 9.61. The lowest BCUT2D eigenvalue weighted by atomic mass is 10.0. The summed E-state index contributed by atoms with van der Waals surface area (Å²) in [6.45, 7) is 2.24. The molecule has 0 fully saturated rings. The number of benzene rings is 1. The number of nitrogens with one attached hydrogen (secondary N) is 1. The van der Waals surface area contributed by atoms with E-state index in [1.54, 1.807) is 36.1 Å². The van der Waals surface area contributed by atoms with Crippen molar-refractivity contribution in [3.05, 3.63) is 47.2 Å². The van der Waals surface area contributed by atoms with E-state index in [0.717, 1.165) is 11.1 Å². The molecule has 0 unspecified atom stereocenters. The van der Waals surface area contributed by atoms with Gasteiger partial charge in [-0.2, -0.15) is 5.10 Å². The molecule has 2 rings (SSSR count). The maximum atomic E-state index is 12.2. The van der Waals surface area contributed by atoms with Crippen molar-refractivity contribution in [2.45, 2.75) is 6.92 Å². The molecule has 1 aromatic heterocycles. The molecule has 5 heteroatoms. The fourth-order valence-electron chi connectivity index (χ4n) is 1.73. The minimum absolute atomic E-state index is 0.190. The molecule has 0 aliphatic rings. The Kier molecular flexibility index (Phi) is 4.18. The Hall–Kier alpha value is -2.58. The summed E-state index contributed by atoms with van der Waals surface area (Å²) in [5, 5.41) is 6.80. The fourth-order valence-corrected chi connectivity index (χ4v) is 1.73. The second kappa shape index (κ2) is 6.04. The van der Waals surface area contributed by atoms with Crippen molar-refractivity contribution in [2.24, 2.45) is 12.8 Å². The Bertz CT molecular complexity index is 691. The van der Waals surface area contributed by atoms with Gasteiger partial charge >= 0.3 is 0 Å². The van der Waals surface area contributed by atoms with E-state index < -0.39 is 0 Å². The number of amides is 1. The number of anilines is 1. The highest BCUT2D eigenvalue weighted by atomic mass is 16.1. The van der Waals surface area contributed by atoms with Gasteiger partial charge in [0.05, 0.1) is 12.7 Å². The molecule has 0 aliphatic carbocycles. The predicted octanol–water partition coefficient (Wildman–Crippen LogP) is 1.29. The van der Waals surface area contributed by atoms with Crippen LogP contribution in [-0.2, 0) is 7.05 Å². The number of nitrogens with two attached hydrogens (primary N) is 1. The van der Waals surface area contributed by atoms with E-state index in [2.05, 4.69) is 22.3 Å². The lowest BCUT2D eigenvalue weighted by Crippen LogP contribution is -2.14. The van der Waals surface area contributed by atoms with Crippen LogP contribution in [0.4, 0.5) is 5.82 Å². The average Bonchev–Trinajstić information content (AvgIpc) is 2.83. The Morgan fingerprint density at radius 1 is 1.45 bits per heavy atom. The zero-order chi connectivity index (χ0) is 14.5. The molecule has 0 spiro atoms. The first-order valence-electron chi connectivity index (χ1n) is 6.20.